The fourth-order valence-electron chi connectivity index (χ4n) is 2.70. The van der Waals surface area contributed by atoms with Crippen molar-refractivity contribution in [1.82, 2.24) is 5.32 Å². The zero-order valence-corrected chi connectivity index (χ0v) is 11.6. The molecular formula is C15H21FN2O2. The van der Waals surface area contributed by atoms with Crippen LogP contribution in [0.4, 0.5) is 10.1 Å². The van der Waals surface area contributed by atoms with Crippen LogP contribution in [0.15, 0.2) is 18.2 Å². The summed E-state index contributed by atoms with van der Waals surface area (Å²) in [6, 6.07) is 5.13. The lowest BCUT2D eigenvalue weighted by Gasteiger charge is -2.29. The van der Waals surface area contributed by atoms with Crippen LogP contribution in [0, 0.1) is 5.82 Å². The Morgan fingerprint density at radius 2 is 2.20 bits per heavy atom. The predicted molar refractivity (Wildman–Crippen MR) is 76.0 cm³/mol. The average Bonchev–Trinajstić information content (AvgIpc) is 2.99. The summed E-state index contributed by atoms with van der Waals surface area (Å²) in [5, 5.41) is 3.26. The third kappa shape index (κ3) is 3.22. The number of halogens is 1. The quantitative estimate of drug-likeness (QED) is 0.912. The molecule has 0 radical (unpaired) electrons. The van der Waals surface area contributed by atoms with Gasteiger partial charge in [-0.25, -0.2) is 4.39 Å². The van der Waals surface area contributed by atoms with Gasteiger partial charge in [0.15, 0.2) is 0 Å². The first-order valence-electron chi connectivity index (χ1n) is 7.32. The minimum atomic E-state index is -0.211. The Bertz CT molecular complexity index is 443. The van der Waals surface area contributed by atoms with Crippen molar-refractivity contribution >= 4 is 5.69 Å². The molecule has 1 aromatic rings. The van der Waals surface area contributed by atoms with Crippen molar-refractivity contribution in [2.24, 2.45) is 0 Å². The molecule has 2 fully saturated rings. The molecule has 0 bridgehead atoms. The molecule has 4 nitrogen and oxygen atoms in total. The molecule has 0 aliphatic carbocycles. The van der Waals surface area contributed by atoms with Crippen molar-refractivity contribution in [1.29, 1.82) is 0 Å². The van der Waals surface area contributed by atoms with Crippen LogP contribution in [-0.2, 0) is 4.74 Å². The largest absolute Gasteiger partial charge is 0.491 e. The maximum Gasteiger partial charge on any atom is 0.150 e. The second-order valence-electron chi connectivity index (χ2n) is 5.30. The molecule has 0 unspecified atom stereocenters. The van der Waals surface area contributed by atoms with E-state index in [0.29, 0.717) is 18.0 Å². The number of ether oxygens (including phenoxy) is 2. The number of rotatable bonds is 4. The van der Waals surface area contributed by atoms with Crippen molar-refractivity contribution < 1.29 is 13.9 Å². The third-order valence-corrected chi connectivity index (χ3v) is 3.84. The molecule has 20 heavy (non-hydrogen) atoms. The standard InChI is InChI=1S/C15H21FN2O2/c16-14-10-12(20-11-13-2-1-9-19-13)3-4-15(14)18-7-5-17-6-8-18/h3-4,10,13,17H,1-2,5-9,11H2/t13-/m0/s1. The first-order valence-corrected chi connectivity index (χ1v) is 7.32. The summed E-state index contributed by atoms with van der Waals surface area (Å²) in [6.45, 7) is 4.80. The molecule has 2 aliphatic rings. The smallest absolute Gasteiger partial charge is 0.150 e. The fraction of sp³-hybridized carbons (Fsp3) is 0.600. The van der Waals surface area contributed by atoms with Crippen molar-refractivity contribution in [3.05, 3.63) is 24.0 Å². The van der Waals surface area contributed by atoms with E-state index in [-0.39, 0.29) is 11.9 Å². The van der Waals surface area contributed by atoms with Gasteiger partial charge in [-0.05, 0) is 25.0 Å². The number of benzene rings is 1. The van der Waals surface area contributed by atoms with Crippen molar-refractivity contribution in [3.63, 3.8) is 0 Å². The van der Waals surface area contributed by atoms with Crippen LogP contribution in [0.2, 0.25) is 0 Å². The van der Waals surface area contributed by atoms with Crippen LogP contribution in [-0.4, -0.2) is 45.5 Å². The van der Waals surface area contributed by atoms with Gasteiger partial charge >= 0.3 is 0 Å². The Morgan fingerprint density at radius 3 is 2.90 bits per heavy atom. The topological polar surface area (TPSA) is 33.7 Å². The zero-order valence-electron chi connectivity index (χ0n) is 11.6. The van der Waals surface area contributed by atoms with E-state index in [1.165, 1.54) is 6.07 Å². The summed E-state index contributed by atoms with van der Waals surface area (Å²) in [5.41, 5.74) is 0.663. The summed E-state index contributed by atoms with van der Waals surface area (Å²) in [5.74, 6) is 0.369. The van der Waals surface area contributed by atoms with Crippen LogP contribution in [0.1, 0.15) is 12.8 Å². The lowest BCUT2D eigenvalue weighted by Crippen LogP contribution is -2.43. The lowest BCUT2D eigenvalue weighted by atomic mass is 10.2. The molecule has 0 amide bonds. The third-order valence-electron chi connectivity index (χ3n) is 3.84. The molecule has 110 valence electrons. The molecule has 2 heterocycles. The normalized spacial score (nSPS) is 23.1. The van der Waals surface area contributed by atoms with Crippen LogP contribution in [0.5, 0.6) is 5.75 Å². The van der Waals surface area contributed by atoms with Gasteiger partial charge in [-0.15, -0.1) is 0 Å². The van der Waals surface area contributed by atoms with E-state index in [1.54, 1.807) is 0 Å². The second kappa shape index (κ2) is 6.41. The van der Waals surface area contributed by atoms with E-state index < -0.39 is 0 Å². The monoisotopic (exact) mass is 280 g/mol. The second-order valence-corrected chi connectivity index (χ2v) is 5.30. The van der Waals surface area contributed by atoms with Gasteiger partial charge in [0.25, 0.3) is 0 Å². The number of hydrogen-bond donors (Lipinski definition) is 1. The van der Waals surface area contributed by atoms with E-state index in [4.69, 9.17) is 9.47 Å². The van der Waals surface area contributed by atoms with Crippen LogP contribution >= 0.6 is 0 Å². The maximum atomic E-state index is 14.2. The molecule has 2 aliphatic heterocycles. The minimum Gasteiger partial charge on any atom is -0.491 e. The van der Waals surface area contributed by atoms with E-state index in [2.05, 4.69) is 10.2 Å². The molecule has 0 spiro atoms. The highest BCUT2D eigenvalue weighted by molar-refractivity contribution is 5.51. The molecule has 0 saturated carbocycles. The van der Waals surface area contributed by atoms with Crippen LogP contribution in [0.25, 0.3) is 0 Å². The van der Waals surface area contributed by atoms with Crippen LogP contribution < -0.4 is 15.0 Å². The average molecular weight is 280 g/mol. The molecule has 1 atom stereocenters. The first-order chi connectivity index (χ1) is 9.83. The predicted octanol–water partition coefficient (Wildman–Crippen LogP) is 1.79. The van der Waals surface area contributed by atoms with Crippen molar-refractivity contribution in [2.45, 2.75) is 18.9 Å². The van der Waals surface area contributed by atoms with Gasteiger partial charge in [0, 0.05) is 38.9 Å². The van der Waals surface area contributed by atoms with Gasteiger partial charge in [-0.1, -0.05) is 0 Å². The van der Waals surface area contributed by atoms with E-state index in [1.807, 2.05) is 12.1 Å². The van der Waals surface area contributed by atoms with E-state index in [9.17, 15) is 4.39 Å². The highest BCUT2D eigenvalue weighted by atomic mass is 19.1. The molecule has 0 aromatic heterocycles. The SMILES string of the molecule is Fc1cc(OC[C@@H]2CCCO2)ccc1N1CCNCC1. The summed E-state index contributed by atoms with van der Waals surface area (Å²) >= 11 is 0. The van der Waals surface area contributed by atoms with Gasteiger partial charge in [-0.3, -0.25) is 0 Å². The van der Waals surface area contributed by atoms with Gasteiger partial charge < -0.3 is 19.7 Å². The van der Waals surface area contributed by atoms with E-state index in [0.717, 1.165) is 45.6 Å². The summed E-state index contributed by atoms with van der Waals surface area (Å²) < 4.78 is 25.3. The Hall–Kier alpha value is -1.33. The molecular weight excluding hydrogens is 259 g/mol. The Kier molecular flexibility index (Phi) is 4.38. The highest BCUT2D eigenvalue weighted by Crippen LogP contribution is 2.25. The zero-order chi connectivity index (χ0) is 13.8. The van der Waals surface area contributed by atoms with Gasteiger partial charge in [0.1, 0.15) is 18.2 Å². The molecule has 2 saturated heterocycles. The summed E-state index contributed by atoms with van der Waals surface area (Å²) in [6.07, 6.45) is 2.27. The Morgan fingerprint density at radius 1 is 1.35 bits per heavy atom. The summed E-state index contributed by atoms with van der Waals surface area (Å²) in [7, 11) is 0. The van der Waals surface area contributed by atoms with Gasteiger partial charge in [0.2, 0.25) is 0 Å². The van der Waals surface area contributed by atoms with Crippen molar-refractivity contribution in [3.8, 4) is 5.75 Å². The highest BCUT2D eigenvalue weighted by Gasteiger charge is 2.17. The Labute approximate surface area is 118 Å². The maximum absolute atomic E-state index is 14.2. The van der Waals surface area contributed by atoms with Gasteiger partial charge in [-0.2, -0.15) is 0 Å². The molecule has 3 rings (SSSR count). The van der Waals surface area contributed by atoms with Crippen molar-refractivity contribution in [2.75, 3.05) is 44.3 Å². The number of nitrogens with one attached hydrogen (secondary N) is 1. The number of piperazine rings is 1. The fourth-order valence-corrected chi connectivity index (χ4v) is 2.70. The molecule has 1 N–H and O–H groups in total. The van der Waals surface area contributed by atoms with Gasteiger partial charge in [0.05, 0.1) is 11.8 Å². The number of nitrogens with zero attached hydrogens (tertiary/aromatic N) is 1. The molecule has 5 heteroatoms. The Balaban J connectivity index is 1.60. The number of anilines is 1. The summed E-state index contributed by atoms with van der Waals surface area (Å²) in [4.78, 5) is 2.07. The van der Waals surface area contributed by atoms with E-state index >= 15 is 0 Å². The first kappa shape index (κ1) is 13.6. The minimum absolute atomic E-state index is 0.158. The molecule has 1 aromatic carbocycles. The number of hydrogen-bond acceptors (Lipinski definition) is 4. The van der Waals surface area contributed by atoms with Crippen LogP contribution in [0.3, 0.4) is 0 Å². The lowest BCUT2D eigenvalue weighted by molar-refractivity contribution is 0.0678.